The van der Waals surface area contributed by atoms with Gasteiger partial charge in [-0.05, 0) is 57.3 Å². The van der Waals surface area contributed by atoms with Gasteiger partial charge in [-0.3, -0.25) is 0 Å². The molecular weight excluding hydrogens is 286 g/mol. The third-order valence-electron chi connectivity index (χ3n) is 6.12. The van der Waals surface area contributed by atoms with E-state index in [1.807, 2.05) is 6.20 Å². The number of hydrogen-bond acceptors (Lipinski definition) is 3. The number of hydrogen-bond donors (Lipinski definition) is 1. The van der Waals surface area contributed by atoms with Crippen LogP contribution in [0.25, 0.3) is 0 Å². The van der Waals surface area contributed by atoms with E-state index >= 15 is 0 Å². The molecule has 128 valence electrons. The molecule has 3 fully saturated rings. The normalized spacial score (nSPS) is 35.3. The van der Waals surface area contributed by atoms with Crippen LogP contribution >= 0.6 is 0 Å². The van der Waals surface area contributed by atoms with Crippen molar-refractivity contribution < 1.29 is 4.74 Å². The van der Waals surface area contributed by atoms with Gasteiger partial charge in [-0.2, -0.15) is 0 Å². The van der Waals surface area contributed by atoms with Gasteiger partial charge >= 0.3 is 0 Å². The molecule has 2 saturated carbocycles. The Hall–Kier alpha value is -0.870. The average Bonchev–Trinajstić information content (AvgIpc) is 3.33. The minimum Gasteiger partial charge on any atom is -0.369 e. The van der Waals surface area contributed by atoms with Crippen molar-refractivity contribution in [3.63, 3.8) is 0 Å². The first-order valence-corrected chi connectivity index (χ1v) is 9.74. The number of aryl methyl sites for hydroxylation is 1. The molecular formula is C19H31N3O. The summed E-state index contributed by atoms with van der Waals surface area (Å²) in [5.41, 5.74) is 0. The predicted molar refractivity (Wildman–Crippen MR) is 91.2 cm³/mol. The van der Waals surface area contributed by atoms with Gasteiger partial charge in [-0.25, -0.2) is 4.98 Å². The van der Waals surface area contributed by atoms with E-state index in [0.717, 1.165) is 30.8 Å². The van der Waals surface area contributed by atoms with Crippen LogP contribution in [0.2, 0.25) is 0 Å². The summed E-state index contributed by atoms with van der Waals surface area (Å²) in [6, 6.07) is 1.12. The first kappa shape index (κ1) is 15.6. The number of aromatic nitrogens is 2. The van der Waals surface area contributed by atoms with Crippen LogP contribution in [0, 0.1) is 11.8 Å². The summed E-state index contributed by atoms with van der Waals surface area (Å²) in [5, 5.41) is 3.98. The zero-order valence-electron chi connectivity index (χ0n) is 14.4. The quantitative estimate of drug-likeness (QED) is 0.900. The second-order valence-electron chi connectivity index (χ2n) is 7.74. The topological polar surface area (TPSA) is 39.1 Å². The molecule has 4 rings (SSSR count). The van der Waals surface area contributed by atoms with E-state index < -0.39 is 0 Å². The number of imidazole rings is 1. The number of nitrogens with one attached hydrogen (secondary N) is 1. The van der Waals surface area contributed by atoms with Gasteiger partial charge in [0.2, 0.25) is 0 Å². The molecule has 4 heteroatoms. The van der Waals surface area contributed by atoms with Crippen molar-refractivity contribution in [3.8, 4) is 0 Å². The minimum atomic E-state index is 0.125. The maximum absolute atomic E-state index is 6.16. The second-order valence-corrected chi connectivity index (χ2v) is 7.74. The first-order valence-electron chi connectivity index (χ1n) is 9.74. The van der Waals surface area contributed by atoms with Crippen LogP contribution in [0.5, 0.6) is 0 Å². The highest BCUT2D eigenvalue weighted by atomic mass is 16.5. The molecule has 23 heavy (non-hydrogen) atoms. The summed E-state index contributed by atoms with van der Waals surface area (Å²) in [4.78, 5) is 4.61. The van der Waals surface area contributed by atoms with E-state index in [-0.39, 0.29) is 6.10 Å². The van der Waals surface area contributed by atoms with E-state index in [0.29, 0.717) is 12.1 Å². The van der Waals surface area contributed by atoms with Crippen LogP contribution in [0.1, 0.15) is 70.2 Å². The van der Waals surface area contributed by atoms with Gasteiger partial charge < -0.3 is 14.6 Å². The molecule has 2 unspecified atom stereocenters. The molecule has 0 aromatic carbocycles. The largest absolute Gasteiger partial charge is 0.369 e. The summed E-state index contributed by atoms with van der Waals surface area (Å²) in [7, 11) is 0. The van der Waals surface area contributed by atoms with Crippen molar-refractivity contribution >= 4 is 0 Å². The Morgan fingerprint density at radius 1 is 1.17 bits per heavy atom. The molecule has 1 aromatic rings. The lowest BCUT2D eigenvalue weighted by Gasteiger charge is -2.38. The van der Waals surface area contributed by atoms with Gasteiger partial charge in [0, 0.05) is 37.6 Å². The Bertz CT molecular complexity index is 510. The van der Waals surface area contributed by atoms with Crippen molar-refractivity contribution in [1.29, 1.82) is 0 Å². The third kappa shape index (κ3) is 3.48. The lowest BCUT2D eigenvalue weighted by Crippen LogP contribution is -2.47. The minimum absolute atomic E-state index is 0.125. The predicted octanol–water partition coefficient (Wildman–Crippen LogP) is 3.68. The molecule has 4 atom stereocenters. The van der Waals surface area contributed by atoms with Crippen LogP contribution < -0.4 is 5.32 Å². The number of nitrogens with zero attached hydrogens (tertiary/aromatic N) is 2. The van der Waals surface area contributed by atoms with Gasteiger partial charge in [-0.1, -0.05) is 12.8 Å². The maximum Gasteiger partial charge on any atom is 0.139 e. The molecule has 1 N–H and O–H groups in total. The highest BCUT2D eigenvalue weighted by molar-refractivity contribution is 5.03. The van der Waals surface area contributed by atoms with Crippen molar-refractivity contribution in [2.45, 2.75) is 83.0 Å². The lowest BCUT2D eigenvalue weighted by molar-refractivity contribution is -0.0229. The summed E-state index contributed by atoms with van der Waals surface area (Å²) < 4.78 is 8.39. The Morgan fingerprint density at radius 3 is 2.91 bits per heavy atom. The first-order chi connectivity index (χ1) is 11.3. The fourth-order valence-corrected chi connectivity index (χ4v) is 4.73. The van der Waals surface area contributed by atoms with E-state index in [1.54, 1.807) is 0 Å². The lowest BCUT2D eigenvalue weighted by atomic mass is 9.82. The molecule has 0 bridgehead atoms. The van der Waals surface area contributed by atoms with Crippen molar-refractivity contribution in [2.24, 2.45) is 11.8 Å². The molecule has 0 radical (unpaired) electrons. The Balaban J connectivity index is 1.43. The second kappa shape index (κ2) is 6.94. The van der Waals surface area contributed by atoms with E-state index in [9.17, 15) is 0 Å². The summed E-state index contributed by atoms with van der Waals surface area (Å²) in [6.45, 7) is 4.02. The van der Waals surface area contributed by atoms with Gasteiger partial charge in [-0.15, -0.1) is 0 Å². The van der Waals surface area contributed by atoms with Gasteiger partial charge in [0.1, 0.15) is 11.9 Å². The van der Waals surface area contributed by atoms with Crippen LogP contribution in [-0.2, 0) is 11.3 Å². The zero-order valence-corrected chi connectivity index (χ0v) is 14.4. The molecule has 0 amide bonds. The van der Waals surface area contributed by atoms with E-state index in [1.165, 1.54) is 51.4 Å². The Kier molecular flexibility index (Phi) is 4.72. The van der Waals surface area contributed by atoms with Gasteiger partial charge in [0.05, 0.1) is 0 Å². The molecule has 3 aliphatic rings. The summed E-state index contributed by atoms with van der Waals surface area (Å²) in [6.07, 6.45) is 15.1. The van der Waals surface area contributed by atoms with Gasteiger partial charge in [0.25, 0.3) is 0 Å². The molecule has 0 spiro atoms. The van der Waals surface area contributed by atoms with Crippen LogP contribution in [0.4, 0.5) is 0 Å². The van der Waals surface area contributed by atoms with Gasteiger partial charge in [0.15, 0.2) is 0 Å². The van der Waals surface area contributed by atoms with Crippen molar-refractivity contribution in [3.05, 3.63) is 18.2 Å². The smallest absolute Gasteiger partial charge is 0.139 e. The van der Waals surface area contributed by atoms with Crippen LogP contribution in [-0.4, -0.2) is 28.2 Å². The summed E-state index contributed by atoms with van der Waals surface area (Å²) in [5.74, 6) is 3.15. The SMILES string of the molecule is CCn1ccnc1[C@H]1OCCC[C@@H]1NC1CCCC(C2CC2)C1. The molecule has 1 aliphatic heterocycles. The highest BCUT2D eigenvalue weighted by Gasteiger charge is 2.37. The molecule has 2 aliphatic carbocycles. The summed E-state index contributed by atoms with van der Waals surface area (Å²) >= 11 is 0. The van der Waals surface area contributed by atoms with Crippen molar-refractivity contribution in [2.75, 3.05) is 6.61 Å². The molecule has 1 aromatic heterocycles. The Labute approximate surface area is 140 Å². The van der Waals surface area contributed by atoms with E-state index in [2.05, 4.69) is 28.0 Å². The van der Waals surface area contributed by atoms with E-state index in [4.69, 9.17) is 4.74 Å². The van der Waals surface area contributed by atoms with Crippen molar-refractivity contribution in [1.82, 2.24) is 14.9 Å². The maximum atomic E-state index is 6.16. The molecule has 1 saturated heterocycles. The monoisotopic (exact) mass is 317 g/mol. The van der Waals surface area contributed by atoms with Crippen LogP contribution in [0.15, 0.2) is 12.4 Å². The third-order valence-corrected chi connectivity index (χ3v) is 6.12. The number of ether oxygens (including phenoxy) is 1. The molecule has 2 heterocycles. The average molecular weight is 317 g/mol. The molecule has 4 nitrogen and oxygen atoms in total. The fraction of sp³-hybridized carbons (Fsp3) is 0.842. The standard InChI is InChI=1S/C19H31N3O/c1-2-22-11-10-20-19(22)18-17(7-4-12-23-18)21-16-6-3-5-15(13-16)14-8-9-14/h10-11,14-18,21H,2-9,12-13H2,1H3/t15?,16?,17-,18-/m0/s1. The highest BCUT2D eigenvalue weighted by Crippen LogP contribution is 2.44. The number of rotatable bonds is 5. The fourth-order valence-electron chi connectivity index (χ4n) is 4.73. The Morgan fingerprint density at radius 2 is 2.09 bits per heavy atom. The van der Waals surface area contributed by atoms with Crippen LogP contribution in [0.3, 0.4) is 0 Å². The zero-order chi connectivity index (χ0) is 15.6.